The van der Waals surface area contributed by atoms with Crippen LogP contribution in [0.5, 0.6) is 0 Å². The molecule has 0 bridgehead atoms. The smallest absolute Gasteiger partial charge is 0.457 e. The van der Waals surface area contributed by atoms with Gasteiger partial charge in [-0.05, 0) is 89.9 Å². The van der Waals surface area contributed by atoms with Crippen LogP contribution in [0.2, 0.25) is 0 Å². The van der Waals surface area contributed by atoms with Crippen LogP contribution < -0.4 is 5.73 Å². The molecule has 0 heterocycles. The lowest BCUT2D eigenvalue weighted by molar-refractivity contribution is -0.154. The lowest BCUT2D eigenvalue weighted by atomic mass is 10.1. The molecule has 8 nitrogen and oxygen atoms in total. The first-order valence-corrected chi connectivity index (χ1v) is 26.6. The van der Waals surface area contributed by atoms with Gasteiger partial charge in [0.05, 0.1) is 19.8 Å². The first-order valence-electron chi connectivity index (χ1n) is 25.1. The number of allylic oxidation sites excluding steroid dienone is 14. The number of unbranched alkanes of at least 4 members (excludes halogenated alkanes) is 20. The van der Waals surface area contributed by atoms with Crippen LogP contribution in [0.25, 0.3) is 0 Å². The van der Waals surface area contributed by atoms with E-state index >= 15 is 0 Å². The lowest BCUT2D eigenvalue weighted by Crippen LogP contribution is -2.28. The van der Waals surface area contributed by atoms with Crippen LogP contribution in [0, 0.1) is 0 Å². The molecule has 2 atom stereocenters. The van der Waals surface area contributed by atoms with Crippen LogP contribution in [0.4, 0.5) is 0 Å². The fourth-order valence-electron chi connectivity index (χ4n) is 6.64. The third-order valence-electron chi connectivity index (χ3n) is 10.3. The van der Waals surface area contributed by atoms with E-state index in [0.717, 1.165) is 83.5 Å². The van der Waals surface area contributed by atoms with Crippen molar-refractivity contribution in [3.8, 4) is 0 Å². The summed E-state index contributed by atoms with van der Waals surface area (Å²) in [6.45, 7) is 4.77. The molecule has 0 aromatic carbocycles. The normalized spacial score (nSPS) is 14.1. The van der Waals surface area contributed by atoms with Gasteiger partial charge in [-0.2, -0.15) is 0 Å². The van der Waals surface area contributed by atoms with Crippen molar-refractivity contribution in [1.29, 1.82) is 0 Å². The van der Waals surface area contributed by atoms with Crippen LogP contribution in [-0.2, 0) is 27.9 Å². The van der Waals surface area contributed by atoms with Gasteiger partial charge in [0.1, 0.15) is 6.10 Å². The van der Waals surface area contributed by atoms with Crippen LogP contribution in [0.3, 0.4) is 0 Å². The molecule has 0 rings (SSSR count). The van der Waals surface area contributed by atoms with Crippen molar-refractivity contribution in [3.05, 3.63) is 85.1 Å². The van der Waals surface area contributed by atoms with E-state index in [9.17, 15) is 14.3 Å². The molecule has 0 spiro atoms. The van der Waals surface area contributed by atoms with Gasteiger partial charge in [0, 0.05) is 19.6 Å². The second-order valence-electron chi connectivity index (χ2n) is 16.3. The van der Waals surface area contributed by atoms with Gasteiger partial charge in [-0.25, -0.2) is 4.57 Å². The fourth-order valence-corrected chi connectivity index (χ4v) is 7.41. The summed E-state index contributed by atoms with van der Waals surface area (Å²) in [6.07, 6.45) is 64.7. The molecule has 3 N–H and O–H groups in total. The Morgan fingerprint density at radius 3 is 1.37 bits per heavy atom. The molecule has 0 aromatic rings. The van der Waals surface area contributed by atoms with Crippen molar-refractivity contribution in [3.63, 3.8) is 0 Å². The fraction of sp³-hybridized carbons (Fsp3) is 0.717. The summed E-state index contributed by atoms with van der Waals surface area (Å²) >= 11 is 0. The molecular formula is C53H94NO7P. The van der Waals surface area contributed by atoms with E-state index in [-0.39, 0.29) is 32.3 Å². The predicted octanol–water partition coefficient (Wildman–Crippen LogP) is 15.6. The molecule has 0 aromatic heterocycles. The minimum absolute atomic E-state index is 0.0937. The van der Waals surface area contributed by atoms with Gasteiger partial charge in [-0.1, -0.05) is 195 Å². The highest BCUT2D eigenvalue weighted by molar-refractivity contribution is 7.47. The Hall–Kier alpha value is -2.32. The molecule has 0 saturated heterocycles. The van der Waals surface area contributed by atoms with E-state index in [4.69, 9.17) is 24.3 Å². The summed E-state index contributed by atoms with van der Waals surface area (Å²) in [4.78, 5) is 22.6. The standard InChI is InChI=1S/C53H94NO7P/c1-3-5-7-9-11-13-15-17-19-21-22-23-24-25-26-27-28-29-31-33-35-37-39-41-43-45-48-58-50-52(51-60-62(56,57)59-49-47-54)61-53(55)46-44-42-40-38-36-34-32-30-20-18-16-14-12-10-8-6-4-2/h5,7,11,13,17-20,22-23,25-26,28-29,52H,3-4,6,8-10,12,14-16,21,24,27,30-51,54H2,1-2H3,(H,56,57)/b7-5-,13-11-,19-17-,20-18-,23-22-,26-25-,29-28-. The average Bonchev–Trinajstić information content (AvgIpc) is 3.26. The second-order valence-corrected chi connectivity index (χ2v) is 17.7. The van der Waals surface area contributed by atoms with Crippen LogP contribution >= 0.6 is 7.82 Å². The molecule has 0 aliphatic carbocycles. The van der Waals surface area contributed by atoms with Gasteiger partial charge in [-0.15, -0.1) is 0 Å². The van der Waals surface area contributed by atoms with Crippen LogP contribution in [0.15, 0.2) is 85.1 Å². The molecule has 9 heteroatoms. The Kier molecular flexibility index (Phi) is 47.8. The van der Waals surface area contributed by atoms with Crippen molar-refractivity contribution < 1.29 is 32.8 Å². The summed E-state index contributed by atoms with van der Waals surface area (Å²) < 4.78 is 33.5. The maximum atomic E-state index is 12.6. The molecule has 0 amide bonds. The molecule has 2 unspecified atom stereocenters. The maximum absolute atomic E-state index is 12.6. The molecular weight excluding hydrogens is 794 g/mol. The highest BCUT2D eigenvalue weighted by atomic mass is 31.2. The molecule has 0 aliphatic rings. The zero-order chi connectivity index (χ0) is 45.1. The molecule has 0 aliphatic heterocycles. The van der Waals surface area contributed by atoms with Gasteiger partial charge in [0.25, 0.3) is 0 Å². The monoisotopic (exact) mass is 888 g/mol. The maximum Gasteiger partial charge on any atom is 0.472 e. The molecule has 358 valence electrons. The topological polar surface area (TPSA) is 117 Å². The van der Waals surface area contributed by atoms with E-state index in [1.54, 1.807) is 0 Å². The van der Waals surface area contributed by atoms with Gasteiger partial charge < -0.3 is 20.1 Å². The summed E-state index contributed by atoms with van der Waals surface area (Å²) in [5, 5.41) is 0. The number of phosphoric ester groups is 1. The Labute approximate surface area is 381 Å². The molecule has 62 heavy (non-hydrogen) atoms. The number of nitrogens with two attached hydrogens (primary N) is 1. The van der Waals surface area contributed by atoms with Crippen LogP contribution in [0.1, 0.15) is 206 Å². The van der Waals surface area contributed by atoms with E-state index < -0.39 is 13.9 Å². The van der Waals surface area contributed by atoms with Crippen LogP contribution in [-0.4, -0.2) is 49.9 Å². The lowest BCUT2D eigenvalue weighted by Gasteiger charge is -2.20. The van der Waals surface area contributed by atoms with Crippen molar-refractivity contribution in [2.45, 2.75) is 213 Å². The summed E-state index contributed by atoms with van der Waals surface area (Å²) in [7, 11) is -4.29. The number of rotatable bonds is 47. The Bertz CT molecular complexity index is 1220. The number of esters is 1. The number of phosphoric acid groups is 1. The largest absolute Gasteiger partial charge is 0.472 e. The van der Waals surface area contributed by atoms with Crippen molar-refractivity contribution in [2.75, 3.05) is 33.0 Å². The van der Waals surface area contributed by atoms with E-state index in [0.29, 0.717) is 13.0 Å². The third-order valence-corrected chi connectivity index (χ3v) is 11.3. The molecule has 0 fully saturated rings. The van der Waals surface area contributed by atoms with Gasteiger partial charge in [0.15, 0.2) is 0 Å². The number of hydrogen-bond acceptors (Lipinski definition) is 7. The van der Waals surface area contributed by atoms with Crippen molar-refractivity contribution >= 4 is 13.8 Å². The van der Waals surface area contributed by atoms with E-state index in [2.05, 4.69) is 98.9 Å². The Balaban J connectivity index is 4.01. The first-order chi connectivity index (χ1) is 30.4. The summed E-state index contributed by atoms with van der Waals surface area (Å²) in [6, 6.07) is 0. The third kappa shape index (κ3) is 48.7. The zero-order valence-electron chi connectivity index (χ0n) is 39.8. The molecule has 0 saturated carbocycles. The average molecular weight is 888 g/mol. The number of ether oxygens (including phenoxy) is 2. The number of hydrogen-bond donors (Lipinski definition) is 2. The highest BCUT2D eigenvalue weighted by Crippen LogP contribution is 2.43. The summed E-state index contributed by atoms with van der Waals surface area (Å²) in [5.74, 6) is -0.341. The van der Waals surface area contributed by atoms with Crippen molar-refractivity contribution in [1.82, 2.24) is 0 Å². The minimum Gasteiger partial charge on any atom is -0.457 e. The Morgan fingerprint density at radius 1 is 0.500 bits per heavy atom. The molecule has 0 radical (unpaired) electrons. The summed E-state index contributed by atoms with van der Waals surface area (Å²) in [5.41, 5.74) is 5.38. The zero-order valence-corrected chi connectivity index (χ0v) is 40.7. The number of carbonyl (C=O) groups excluding carboxylic acids is 1. The van der Waals surface area contributed by atoms with E-state index in [1.807, 2.05) is 0 Å². The quantitative estimate of drug-likeness (QED) is 0.0269. The first kappa shape index (κ1) is 59.7. The second kappa shape index (κ2) is 49.7. The van der Waals surface area contributed by atoms with Gasteiger partial charge in [-0.3, -0.25) is 13.8 Å². The SMILES string of the molecule is CC/C=C\C/C=C\C/C=C\C/C=C\C/C=C\C/C=C\CCCCCCCCCOCC(COP(=O)(O)OCCN)OC(=O)CCCCCCCCC/C=C\CCCCCCCC. The highest BCUT2D eigenvalue weighted by Gasteiger charge is 2.25. The van der Waals surface area contributed by atoms with Gasteiger partial charge in [0.2, 0.25) is 0 Å². The number of carbonyl (C=O) groups is 1. The van der Waals surface area contributed by atoms with Crippen molar-refractivity contribution in [2.24, 2.45) is 5.73 Å². The van der Waals surface area contributed by atoms with E-state index in [1.165, 1.54) is 103 Å². The minimum atomic E-state index is -4.29. The predicted molar refractivity (Wildman–Crippen MR) is 265 cm³/mol. The van der Waals surface area contributed by atoms with Gasteiger partial charge >= 0.3 is 13.8 Å². The Morgan fingerprint density at radius 2 is 0.903 bits per heavy atom.